The molecule has 3 saturated carbocycles. The number of carbonyl (C=O) groups is 3. The van der Waals surface area contributed by atoms with E-state index >= 15 is 4.39 Å². The van der Waals surface area contributed by atoms with Crippen LogP contribution in [0, 0.1) is 28.1 Å². The molecule has 0 spiro atoms. The zero-order chi connectivity index (χ0) is 29.0. The van der Waals surface area contributed by atoms with E-state index in [1.807, 2.05) is 13.8 Å². The van der Waals surface area contributed by atoms with Crippen LogP contribution in [0.4, 0.5) is 9.18 Å². The number of aliphatic hydroxyl groups is 1. The van der Waals surface area contributed by atoms with Gasteiger partial charge in [-0.05, 0) is 67.7 Å². The average molecular weight is 590 g/mol. The maximum absolute atomic E-state index is 15.0. The fourth-order valence-corrected chi connectivity index (χ4v) is 7.45. The molecule has 3 aliphatic rings. The Labute approximate surface area is 254 Å². The number of nitrogens with one attached hydrogen (secondary N) is 1. The number of alkyl carbamates (subject to hydrolysis) is 1. The molecule has 13 heteroatoms. The SMILES string of the molecule is C=C[C@]1(C)C[C@@H](OC(=O)NC(=O)c2ccc(OP(=O)([O-])O)cc2)[C@]2(C)[C@H](C)CCC3(C[C@H](F)C(=O)[C@H]32)C[C@@H]1O.[Na+]. The zero-order valence-electron chi connectivity index (χ0n) is 23.1. The fraction of sp³-hybridized carbons (Fsp3) is 0.593. The van der Waals surface area contributed by atoms with E-state index in [2.05, 4.69) is 16.4 Å². The standard InChI is InChI=1S/C27H35FNO9P.Na/c1-5-25(3)14-20(37-24(33)29-23(32)16-6-8-17(9-7-16)38-39(34,35)36)26(4)15(2)10-11-27(13-19(25)30)12-18(28)21(31)22(26)27;/h5-9,15,18-20,22,30H,1,10-14H2,2-4H3,(H,29,32,33)(H2,34,35,36);/q;+1/p-1/t15-,18+,19+,20-,22+,25-,26+,27?;/m1./s1. The van der Waals surface area contributed by atoms with Crippen LogP contribution in [0.3, 0.4) is 0 Å². The third-order valence-corrected chi connectivity index (χ3v) is 9.94. The first-order chi connectivity index (χ1) is 18.0. The fourth-order valence-electron chi connectivity index (χ4n) is 7.06. The molecule has 4 rings (SSSR count). The number of rotatable bonds is 5. The van der Waals surface area contributed by atoms with Crippen LogP contribution in [0.2, 0.25) is 0 Å². The first-order valence-electron chi connectivity index (χ1n) is 12.9. The Hall–Kier alpha value is -1.59. The molecular formula is C27H34FNNaO9P. The summed E-state index contributed by atoms with van der Waals surface area (Å²) in [7, 11) is -5.03. The second-order valence-electron chi connectivity index (χ2n) is 11.7. The number of carbonyl (C=O) groups excluding carboxylic acids is 3. The molecule has 10 nitrogen and oxygen atoms in total. The van der Waals surface area contributed by atoms with Gasteiger partial charge < -0.3 is 24.2 Å². The number of imide groups is 1. The number of alkyl halides is 1. The van der Waals surface area contributed by atoms with Crippen molar-refractivity contribution in [2.75, 3.05) is 0 Å². The molecular weight excluding hydrogens is 555 g/mol. The zero-order valence-corrected chi connectivity index (χ0v) is 26.0. The summed E-state index contributed by atoms with van der Waals surface area (Å²) in [6.45, 7) is 9.45. The maximum atomic E-state index is 15.0. The van der Waals surface area contributed by atoms with Crippen molar-refractivity contribution in [3.8, 4) is 5.75 Å². The molecule has 0 aliphatic heterocycles. The van der Waals surface area contributed by atoms with Gasteiger partial charge in [-0.3, -0.25) is 19.5 Å². The molecule has 0 saturated heterocycles. The molecule has 40 heavy (non-hydrogen) atoms. The van der Waals surface area contributed by atoms with Crippen LogP contribution in [0.1, 0.15) is 63.2 Å². The minimum absolute atomic E-state index is 0. The Kier molecular flexibility index (Phi) is 9.54. The van der Waals surface area contributed by atoms with Crippen molar-refractivity contribution >= 4 is 25.6 Å². The van der Waals surface area contributed by atoms with Crippen LogP contribution in [-0.2, 0) is 14.1 Å². The molecule has 2 bridgehead atoms. The molecule has 2 unspecified atom stereocenters. The summed E-state index contributed by atoms with van der Waals surface area (Å²) >= 11 is 0. The molecule has 0 aromatic heterocycles. The van der Waals surface area contributed by atoms with Gasteiger partial charge in [-0.15, -0.1) is 6.58 Å². The van der Waals surface area contributed by atoms with E-state index in [0.29, 0.717) is 12.8 Å². The van der Waals surface area contributed by atoms with Gasteiger partial charge in [0, 0.05) is 22.3 Å². The van der Waals surface area contributed by atoms with Crippen molar-refractivity contribution in [2.45, 2.75) is 71.3 Å². The maximum Gasteiger partial charge on any atom is 1.00 e. The predicted octanol–water partition coefficient (Wildman–Crippen LogP) is 0.462. The van der Waals surface area contributed by atoms with Crippen LogP contribution >= 0.6 is 7.82 Å². The normalized spacial score (nSPS) is 38.4. The first-order valence-corrected chi connectivity index (χ1v) is 14.4. The van der Waals surface area contributed by atoms with E-state index in [9.17, 15) is 28.9 Å². The number of ether oxygens (including phenoxy) is 1. The van der Waals surface area contributed by atoms with Crippen molar-refractivity contribution in [3.63, 3.8) is 0 Å². The van der Waals surface area contributed by atoms with E-state index in [1.54, 1.807) is 13.0 Å². The largest absolute Gasteiger partial charge is 1.00 e. The van der Waals surface area contributed by atoms with Gasteiger partial charge in [0.05, 0.1) is 6.10 Å². The van der Waals surface area contributed by atoms with Gasteiger partial charge in [0.2, 0.25) is 0 Å². The van der Waals surface area contributed by atoms with E-state index in [0.717, 1.165) is 12.1 Å². The predicted molar refractivity (Wildman–Crippen MR) is 135 cm³/mol. The first kappa shape index (κ1) is 32.9. The molecule has 9 atom stereocenters. The van der Waals surface area contributed by atoms with E-state index in [4.69, 9.17) is 9.63 Å². The molecule has 2 amide bonds. The second-order valence-corrected chi connectivity index (χ2v) is 12.9. The molecule has 1 aromatic carbocycles. The second kappa shape index (κ2) is 11.6. The summed E-state index contributed by atoms with van der Waals surface area (Å²) in [5.74, 6) is -2.51. The number of hydrogen-bond donors (Lipinski definition) is 3. The number of phosphoric ester groups is 1. The Balaban J connectivity index is 0.00000441. The number of amides is 2. The molecule has 3 aliphatic carbocycles. The van der Waals surface area contributed by atoms with E-state index in [-0.39, 0.29) is 66.1 Å². The topological polar surface area (TPSA) is 162 Å². The Bertz CT molecular complexity index is 1220. The smallest absolute Gasteiger partial charge is 0.746 e. The Morgan fingerprint density at radius 3 is 2.42 bits per heavy atom. The number of aliphatic hydroxyl groups excluding tert-OH is 1. The molecule has 214 valence electrons. The van der Waals surface area contributed by atoms with Crippen molar-refractivity contribution in [2.24, 2.45) is 28.1 Å². The summed E-state index contributed by atoms with van der Waals surface area (Å²) in [5.41, 5.74) is -2.67. The van der Waals surface area contributed by atoms with Crippen LogP contribution in [0.15, 0.2) is 36.9 Å². The quantitative estimate of drug-likeness (QED) is 0.252. The average Bonchev–Trinajstić information content (AvgIpc) is 3.09. The van der Waals surface area contributed by atoms with Crippen molar-refractivity contribution < 1.29 is 77.1 Å². The van der Waals surface area contributed by atoms with E-state index in [1.165, 1.54) is 12.1 Å². The molecule has 0 radical (unpaired) electrons. The van der Waals surface area contributed by atoms with Crippen molar-refractivity contribution in [1.29, 1.82) is 0 Å². The monoisotopic (exact) mass is 589 g/mol. The van der Waals surface area contributed by atoms with Gasteiger partial charge in [-0.2, -0.15) is 0 Å². The van der Waals surface area contributed by atoms with Crippen molar-refractivity contribution in [1.82, 2.24) is 5.32 Å². The molecule has 3 N–H and O–H groups in total. The summed E-state index contributed by atoms with van der Waals surface area (Å²) in [5, 5.41) is 13.4. The van der Waals surface area contributed by atoms with Gasteiger partial charge in [-0.1, -0.05) is 26.8 Å². The summed E-state index contributed by atoms with van der Waals surface area (Å²) in [6, 6.07) is 4.62. The van der Waals surface area contributed by atoms with Crippen LogP contribution in [-0.4, -0.2) is 46.2 Å². The van der Waals surface area contributed by atoms with Gasteiger partial charge >= 0.3 is 43.5 Å². The van der Waals surface area contributed by atoms with Gasteiger partial charge in [0.25, 0.3) is 5.91 Å². The van der Waals surface area contributed by atoms with Crippen LogP contribution < -0.4 is 44.3 Å². The Morgan fingerprint density at radius 2 is 1.85 bits per heavy atom. The Morgan fingerprint density at radius 1 is 1.23 bits per heavy atom. The molecule has 3 fully saturated rings. The number of ketones is 1. The summed E-state index contributed by atoms with van der Waals surface area (Å²) < 4.78 is 36.1. The number of benzene rings is 1. The number of Topliss-reactive ketones (excluding diaryl/α,β-unsaturated/α-hetero) is 1. The minimum atomic E-state index is -5.03. The minimum Gasteiger partial charge on any atom is -0.746 e. The van der Waals surface area contributed by atoms with E-state index < -0.39 is 66.1 Å². The van der Waals surface area contributed by atoms with Crippen LogP contribution in [0.25, 0.3) is 0 Å². The van der Waals surface area contributed by atoms with Gasteiger partial charge in [-0.25, -0.2) is 9.18 Å². The third-order valence-electron chi connectivity index (χ3n) is 9.50. The number of phosphoric acid groups is 1. The third kappa shape index (κ3) is 5.98. The summed E-state index contributed by atoms with van der Waals surface area (Å²) in [6.07, 6.45) is -1.47. The molecule has 0 heterocycles. The summed E-state index contributed by atoms with van der Waals surface area (Å²) in [4.78, 5) is 58.7. The number of hydrogen-bond acceptors (Lipinski definition) is 8. The molecule has 1 aromatic rings. The van der Waals surface area contributed by atoms with Gasteiger partial charge in [0.15, 0.2) is 12.0 Å². The number of halogens is 1. The van der Waals surface area contributed by atoms with Crippen LogP contribution in [0.5, 0.6) is 5.75 Å². The van der Waals surface area contributed by atoms with Crippen molar-refractivity contribution in [3.05, 3.63) is 42.5 Å². The van der Waals surface area contributed by atoms with Gasteiger partial charge in [0.1, 0.15) is 11.9 Å².